The van der Waals surface area contributed by atoms with Crippen LogP contribution in [-0.2, 0) is 0 Å². The van der Waals surface area contributed by atoms with Gasteiger partial charge in [-0.25, -0.2) is 4.39 Å². The molecule has 0 aliphatic heterocycles. The van der Waals surface area contributed by atoms with E-state index >= 15 is 0 Å². The predicted octanol–water partition coefficient (Wildman–Crippen LogP) is 3.15. The minimum atomic E-state index is -3.99. The maximum absolute atomic E-state index is 12.7. The molecule has 0 bridgehead atoms. The fourth-order valence-electron chi connectivity index (χ4n) is 1.03. The van der Waals surface area contributed by atoms with E-state index in [4.69, 9.17) is 0 Å². The number of aryl methyl sites for hydroxylation is 1. The second kappa shape index (κ2) is 3.61. The molecule has 5 heteroatoms. The number of halogens is 4. The van der Waals surface area contributed by atoms with Crippen LogP contribution < -0.4 is 0 Å². The van der Waals surface area contributed by atoms with Crippen LogP contribution in [0.5, 0.6) is 0 Å². The summed E-state index contributed by atoms with van der Waals surface area (Å²) in [4.78, 5) is 10.9. The van der Waals surface area contributed by atoms with Crippen LogP contribution in [0.15, 0.2) is 18.2 Å². The minimum absolute atomic E-state index is 0.384. The molecule has 0 heterocycles. The Morgan fingerprint density at radius 1 is 1.36 bits per heavy atom. The molecule has 1 aromatic carbocycles. The number of ketones is 1. The summed E-state index contributed by atoms with van der Waals surface area (Å²) in [6.07, 6.45) is 0. The number of Topliss-reactive ketones (excluding diaryl/α,β-unsaturated/α-hetero) is 1. The van der Waals surface area contributed by atoms with Crippen molar-refractivity contribution < 1.29 is 18.0 Å². The zero-order valence-electron chi connectivity index (χ0n) is 7.15. The lowest BCUT2D eigenvalue weighted by Gasteiger charge is -2.07. The van der Waals surface area contributed by atoms with E-state index in [0.717, 1.165) is 18.2 Å². The van der Waals surface area contributed by atoms with Gasteiger partial charge < -0.3 is 0 Å². The quantitative estimate of drug-likeness (QED) is 0.555. The van der Waals surface area contributed by atoms with E-state index in [1.54, 1.807) is 0 Å². The molecule has 14 heavy (non-hydrogen) atoms. The SMILES string of the molecule is Cc1cc(F)cc(C(=O)C(F)(F)Cl)c1. The molecular formula is C9H6ClF3O. The number of hydrogen-bond acceptors (Lipinski definition) is 1. The lowest BCUT2D eigenvalue weighted by molar-refractivity contribution is 0.0535. The minimum Gasteiger partial charge on any atom is -0.286 e. The summed E-state index contributed by atoms with van der Waals surface area (Å²) in [5.74, 6) is -2.34. The predicted molar refractivity (Wildman–Crippen MR) is 46.3 cm³/mol. The molecule has 76 valence electrons. The largest absolute Gasteiger partial charge is 0.384 e. The zero-order valence-corrected chi connectivity index (χ0v) is 7.91. The van der Waals surface area contributed by atoms with Gasteiger partial charge in [0, 0.05) is 5.56 Å². The maximum atomic E-state index is 12.7. The van der Waals surface area contributed by atoms with Crippen LogP contribution in [0.2, 0.25) is 0 Å². The van der Waals surface area contributed by atoms with Gasteiger partial charge in [-0.1, -0.05) is 0 Å². The molecule has 0 fully saturated rings. The third-order valence-corrected chi connectivity index (χ3v) is 1.73. The molecule has 0 aliphatic carbocycles. The van der Waals surface area contributed by atoms with Crippen LogP contribution in [0, 0.1) is 12.7 Å². The zero-order chi connectivity index (χ0) is 10.9. The Hall–Kier alpha value is -1.03. The third kappa shape index (κ3) is 2.48. The average Bonchev–Trinajstić information content (AvgIpc) is 1.99. The van der Waals surface area contributed by atoms with Crippen LogP contribution in [0.25, 0.3) is 0 Å². The molecule has 0 atom stereocenters. The molecule has 1 nitrogen and oxygen atoms in total. The topological polar surface area (TPSA) is 17.1 Å². The van der Waals surface area contributed by atoms with Gasteiger partial charge in [0.05, 0.1) is 0 Å². The number of carbonyl (C=O) groups excluding carboxylic acids is 1. The first-order valence-electron chi connectivity index (χ1n) is 3.69. The molecule has 0 saturated carbocycles. The smallest absolute Gasteiger partial charge is 0.286 e. The first kappa shape index (κ1) is 11.0. The van der Waals surface area contributed by atoms with Gasteiger partial charge in [0.15, 0.2) is 0 Å². The van der Waals surface area contributed by atoms with E-state index in [1.807, 2.05) is 0 Å². The van der Waals surface area contributed by atoms with Crippen LogP contribution >= 0.6 is 11.6 Å². The number of rotatable bonds is 2. The van der Waals surface area contributed by atoms with Gasteiger partial charge in [-0.3, -0.25) is 4.79 Å². The Morgan fingerprint density at radius 2 is 1.93 bits per heavy atom. The van der Waals surface area contributed by atoms with E-state index < -0.39 is 22.5 Å². The highest BCUT2D eigenvalue weighted by Gasteiger charge is 2.36. The molecule has 1 aromatic rings. The Bertz CT molecular complexity index is 351. The molecular weight excluding hydrogens is 217 g/mol. The summed E-state index contributed by atoms with van der Waals surface area (Å²) in [5.41, 5.74) is -0.0447. The van der Waals surface area contributed by atoms with Crippen molar-refractivity contribution >= 4 is 17.4 Å². The highest BCUT2D eigenvalue weighted by molar-refractivity contribution is 6.35. The highest BCUT2D eigenvalue weighted by Crippen LogP contribution is 2.25. The van der Waals surface area contributed by atoms with Gasteiger partial charge in [-0.2, -0.15) is 8.78 Å². The van der Waals surface area contributed by atoms with E-state index in [-0.39, 0.29) is 0 Å². The Balaban J connectivity index is 3.14. The first-order valence-corrected chi connectivity index (χ1v) is 4.07. The van der Waals surface area contributed by atoms with Gasteiger partial charge >= 0.3 is 5.38 Å². The monoisotopic (exact) mass is 222 g/mol. The second-order valence-electron chi connectivity index (χ2n) is 2.84. The van der Waals surface area contributed by atoms with Gasteiger partial charge in [-0.15, -0.1) is 0 Å². The lowest BCUT2D eigenvalue weighted by atomic mass is 10.1. The Labute approximate surface area is 83.5 Å². The van der Waals surface area contributed by atoms with E-state index in [2.05, 4.69) is 11.6 Å². The fraction of sp³-hybridized carbons (Fsp3) is 0.222. The van der Waals surface area contributed by atoms with E-state index in [9.17, 15) is 18.0 Å². The Morgan fingerprint density at radius 3 is 2.36 bits per heavy atom. The summed E-state index contributed by atoms with van der Waals surface area (Å²) in [5, 5.41) is -3.99. The molecule has 0 N–H and O–H groups in total. The van der Waals surface area contributed by atoms with E-state index in [1.165, 1.54) is 6.92 Å². The summed E-state index contributed by atoms with van der Waals surface area (Å²) >= 11 is 4.52. The van der Waals surface area contributed by atoms with Crippen molar-refractivity contribution in [2.45, 2.75) is 12.3 Å². The maximum Gasteiger partial charge on any atom is 0.384 e. The van der Waals surface area contributed by atoms with Crippen LogP contribution in [-0.4, -0.2) is 11.2 Å². The molecule has 0 radical (unpaired) electrons. The van der Waals surface area contributed by atoms with Crippen molar-refractivity contribution in [2.24, 2.45) is 0 Å². The number of hydrogen-bond donors (Lipinski definition) is 0. The molecule has 0 aliphatic rings. The van der Waals surface area contributed by atoms with Crippen molar-refractivity contribution in [3.63, 3.8) is 0 Å². The van der Waals surface area contributed by atoms with Crippen molar-refractivity contribution in [2.75, 3.05) is 0 Å². The van der Waals surface area contributed by atoms with Crippen molar-refractivity contribution in [1.29, 1.82) is 0 Å². The summed E-state index contributed by atoms with van der Waals surface area (Å²) < 4.78 is 37.5. The standard InChI is InChI=1S/C9H6ClF3O/c1-5-2-6(4-7(11)3-5)8(14)9(10,12)13/h2-4H,1H3. The van der Waals surface area contributed by atoms with Crippen LogP contribution in [0.3, 0.4) is 0 Å². The first-order chi connectivity index (χ1) is 6.30. The molecule has 0 amide bonds. The van der Waals surface area contributed by atoms with Crippen molar-refractivity contribution in [3.8, 4) is 0 Å². The fourth-order valence-corrected chi connectivity index (χ4v) is 1.14. The van der Waals surface area contributed by atoms with Gasteiger partial charge in [0.1, 0.15) is 5.82 Å². The van der Waals surface area contributed by atoms with Crippen LogP contribution in [0.1, 0.15) is 15.9 Å². The second-order valence-corrected chi connectivity index (χ2v) is 3.32. The molecule has 0 saturated heterocycles. The molecule has 0 aromatic heterocycles. The molecule has 0 spiro atoms. The number of carbonyl (C=O) groups is 1. The number of benzene rings is 1. The van der Waals surface area contributed by atoms with E-state index in [0.29, 0.717) is 5.56 Å². The normalized spacial score (nSPS) is 11.5. The molecule has 1 rings (SSSR count). The average molecular weight is 223 g/mol. The number of alkyl halides is 3. The summed E-state index contributed by atoms with van der Waals surface area (Å²) in [6, 6.07) is 3.01. The van der Waals surface area contributed by atoms with Crippen LogP contribution in [0.4, 0.5) is 13.2 Å². The summed E-state index contributed by atoms with van der Waals surface area (Å²) in [6.45, 7) is 1.49. The van der Waals surface area contributed by atoms with Crippen molar-refractivity contribution in [3.05, 3.63) is 35.1 Å². The van der Waals surface area contributed by atoms with Gasteiger partial charge in [0.2, 0.25) is 5.78 Å². The third-order valence-electron chi connectivity index (χ3n) is 1.56. The molecule has 0 unspecified atom stereocenters. The summed E-state index contributed by atoms with van der Waals surface area (Å²) in [7, 11) is 0. The van der Waals surface area contributed by atoms with Crippen molar-refractivity contribution in [1.82, 2.24) is 0 Å². The lowest BCUT2D eigenvalue weighted by Crippen LogP contribution is -2.21. The highest BCUT2D eigenvalue weighted by atomic mass is 35.5. The van der Waals surface area contributed by atoms with Gasteiger partial charge in [-0.05, 0) is 42.3 Å². The Kier molecular flexibility index (Phi) is 2.85. The van der Waals surface area contributed by atoms with Gasteiger partial charge in [0.25, 0.3) is 0 Å².